The molecule has 2 unspecified atom stereocenters. The molecule has 0 aromatic heterocycles. The van der Waals surface area contributed by atoms with Crippen molar-refractivity contribution in [3.8, 4) is 0 Å². The lowest BCUT2D eigenvalue weighted by Gasteiger charge is -2.44. The van der Waals surface area contributed by atoms with Crippen molar-refractivity contribution >= 4 is 5.91 Å². The molecule has 2 heterocycles. The minimum absolute atomic E-state index is 0.0103. The Hall–Kier alpha value is -0.610. The number of morpholine rings is 1. The number of amides is 1. The molecule has 0 aromatic rings. The van der Waals surface area contributed by atoms with Gasteiger partial charge in [-0.2, -0.15) is 0 Å². The summed E-state index contributed by atoms with van der Waals surface area (Å²) >= 11 is 0. The van der Waals surface area contributed by atoms with Crippen LogP contribution in [0.2, 0.25) is 0 Å². The molecular formula is C13H24N2O2. The molecule has 2 fully saturated rings. The zero-order valence-corrected chi connectivity index (χ0v) is 11.2. The zero-order chi connectivity index (χ0) is 12.5. The highest BCUT2D eigenvalue weighted by molar-refractivity contribution is 5.82. The summed E-state index contributed by atoms with van der Waals surface area (Å²) in [6.07, 6.45) is 2.14. The molecule has 0 radical (unpaired) electrons. The highest BCUT2D eigenvalue weighted by Gasteiger charge is 2.38. The van der Waals surface area contributed by atoms with E-state index in [2.05, 4.69) is 26.1 Å². The van der Waals surface area contributed by atoms with Crippen molar-refractivity contribution in [2.75, 3.05) is 26.3 Å². The summed E-state index contributed by atoms with van der Waals surface area (Å²) in [5.74, 6) is 0.902. The highest BCUT2D eigenvalue weighted by Crippen LogP contribution is 2.23. The Morgan fingerprint density at radius 3 is 2.88 bits per heavy atom. The SMILES string of the molecule is CC1CCNC(C(=O)N2CCOCC2(C)C)C1. The Balaban J connectivity index is 2.02. The second kappa shape index (κ2) is 4.94. The first-order valence-corrected chi connectivity index (χ1v) is 6.63. The van der Waals surface area contributed by atoms with Crippen LogP contribution in [0.4, 0.5) is 0 Å². The van der Waals surface area contributed by atoms with Crippen LogP contribution in [0.3, 0.4) is 0 Å². The predicted molar refractivity (Wildman–Crippen MR) is 66.8 cm³/mol. The molecule has 1 amide bonds. The van der Waals surface area contributed by atoms with Crippen molar-refractivity contribution in [2.45, 2.75) is 45.2 Å². The number of carbonyl (C=O) groups excluding carboxylic acids is 1. The van der Waals surface area contributed by atoms with Crippen molar-refractivity contribution in [1.29, 1.82) is 0 Å². The van der Waals surface area contributed by atoms with E-state index >= 15 is 0 Å². The van der Waals surface area contributed by atoms with E-state index in [-0.39, 0.29) is 17.5 Å². The van der Waals surface area contributed by atoms with Crippen molar-refractivity contribution in [2.24, 2.45) is 5.92 Å². The van der Waals surface area contributed by atoms with Gasteiger partial charge in [0, 0.05) is 6.54 Å². The first kappa shape index (κ1) is 12.8. The van der Waals surface area contributed by atoms with Crippen LogP contribution in [0.25, 0.3) is 0 Å². The van der Waals surface area contributed by atoms with E-state index in [1.54, 1.807) is 0 Å². The Kier molecular flexibility index (Phi) is 3.73. The summed E-state index contributed by atoms with van der Waals surface area (Å²) in [6, 6.07) is 0.0103. The second-order valence-corrected chi connectivity index (χ2v) is 5.99. The van der Waals surface area contributed by atoms with Gasteiger partial charge in [0.15, 0.2) is 0 Å². The fourth-order valence-electron chi connectivity index (χ4n) is 2.75. The monoisotopic (exact) mass is 240 g/mol. The standard InChI is InChI=1S/C13H24N2O2/c1-10-4-5-14-11(8-10)12(16)15-6-7-17-9-13(15,2)3/h10-11,14H,4-9H2,1-3H3. The molecule has 4 heteroatoms. The molecule has 2 rings (SSSR count). The normalized spacial score (nSPS) is 33.5. The van der Waals surface area contributed by atoms with Crippen LogP contribution >= 0.6 is 0 Å². The van der Waals surface area contributed by atoms with Gasteiger partial charge in [-0.05, 0) is 39.2 Å². The molecule has 0 saturated carbocycles. The molecule has 98 valence electrons. The largest absolute Gasteiger partial charge is 0.377 e. The lowest BCUT2D eigenvalue weighted by molar-refractivity contribution is -0.149. The molecule has 2 atom stereocenters. The lowest BCUT2D eigenvalue weighted by Crippen LogP contribution is -2.61. The van der Waals surface area contributed by atoms with E-state index in [1.165, 1.54) is 6.42 Å². The summed E-state index contributed by atoms with van der Waals surface area (Å²) in [6.45, 7) is 9.37. The van der Waals surface area contributed by atoms with E-state index in [0.29, 0.717) is 19.1 Å². The van der Waals surface area contributed by atoms with E-state index in [9.17, 15) is 4.79 Å². The smallest absolute Gasteiger partial charge is 0.240 e. The third-order valence-electron chi connectivity index (χ3n) is 3.88. The Bertz CT molecular complexity index is 291. The summed E-state index contributed by atoms with van der Waals surface area (Å²) in [5, 5.41) is 3.35. The molecule has 2 aliphatic rings. The van der Waals surface area contributed by atoms with Crippen LogP contribution < -0.4 is 5.32 Å². The zero-order valence-electron chi connectivity index (χ0n) is 11.2. The van der Waals surface area contributed by atoms with Gasteiger partial charge >= 0.3 is 0 Å². The summed E-state index contributed by atoms with van der Waals surface area (Å²) in [7, 11) is 0. The fraction of sp³-hybridized carbons (Fsp3) is 0.923. The lowest BCUT2D eigenvalue weighted by atomic mass is 9.92. The van der Waals surface area contributed by atoms with E-state index < -0.39 is 0 Å². The Morgan fingerprint density at radius 1 is 1.47 bits per heavy atom. The average Bonchev–Trinajstić information content (AvgIpc) is 2.27. The first-order chi connectivity index (χ1) is 8.00. The number of nitrogens with one attached hydrogen (secondary N) is 1. The predicted octanol–water partition coefficient (Wildman–Crippen LogP) is 1.01. The van der Waals surface area contributed by atoms with E-state index in [0.717, 1.165) is 19.5 Å². The van der Waals surface area contributed by atoms with Gasteiger partial charge in [0.05, 0.1) is 24.8 Å². The number of nitrogens with zero attached hydrogens (tertiary/aromatic N) is 1. The maximum Gasteiger partial charge on any atom is 0.240 e. The van der Waals surface area contributed by atoms with Crippen molar-refractivity contribution < 1.29 is 9.53 Å². The maximum absolute atomic E-state index is 12.5. The van der Waals surface area contributed by atoms with Crippen LogP contribution in [-0.4, -0.2) is 48.7 Å². The maximum atomic E-state index is 12.5. The molecule has 17 heavy (non-hydrogen) atoms. The third kappa shape index (κ3) is 2.80. The number of rotatable bonds is 1. The summed E-state index contributed by atoms with van der Waals surface area (Å²) < 4.78 is 5.46. The number of carbonyl (C=O) groups is 1. The molecule has 0 aromatic carbocycles. The van der Waals surface area contributed by atoms with Crippen LogP contribution in [0, 0.1) is 5.92 Å². The number of hydrogen-bond donors (Lipinski definition) is 1. The van der Waals surface area contributed by atoms with Crippen LogP contribution in [0.5, 0.6) is 0 Å². The van der Waals surface area contributed by atoms with Crippen molar-refractivity contribution in [3.63, 3.8) is 0 Å². The summed E-state index contributed by atoms with van der Waals surface area (Å²) in [4.78, 5) is 14.5. The third-order valence-corrected chi connectivity index (χ3v) is 3.88. The molecular weight excluding hydrogens is 216 g/mol. The van der Waals surface area contributed by atoms with Gasteiger partial charge in [0.25, 0.3) is 0 Å². The first-order valence-electron chi connectivity index (χ1n) is 6.63. The van der Waals surface area contributed by atoms with Gasteiger partial charge in [0.2, 0.25) is 5.91 Å². The highest BCUT2D eigenvalue weighted by atomic mass is 16.5. The summed E-state index contributed by atoms with van der Waals surface area (Å²) in [5.41, 5.74) is -0.169. The molecule has 2 saturated heterocycles. The van der Waals surface area contributed by atoms with E-state index in [4.69, 9.17) is 4.74 Å². The number of ether oxygens (including phenoxy) is 1. The molecule has 1 N–H and O–H groups in total. The van der Waals surface area contributed by atoms with Crippen LogP contribution in [0.1, 0.15) is 33.6 Å². The molecule has 0 bridgehead atoms. The van der Waals surface area contributed by atoms with Crippen molar-refractivity contribution in [1.82, 2.24) is 10.2 Å². The van der Waals surface area contributed by atoms with Gasteiger partial charge in [-0.25, -0.2) is 0 Å². The molecule has 4 nitrogen and oxygen atoms in total. The van der Waals surface area contributed by atoms with Gasteiger partial charge in [-0.1, -0.05) is 6.92 Å². The minimum Gasteiger partial charge on any atom is -0.377 e. The average molecular weight is 240 g/mol. The van der Waals surface area contributed by atoms with Gasteiger partial charge in [-0.3, -0.25) is 4.79 Å². The van der Waals surface area contributed by atoms with Crippen LogP contribution in [0.15, 0.2) is 0 Å². The fourth-order valence-corrected chi connectivity index (χ4v) is 2.75. The molecule has 2 aliphatic heterocycles. The molecule has 0 spiro atoms. The molecule has 0 aliphatic carbocycles. The Morgan fingerprint density at radius 2 is 2.24 bits per heavy atom. The van der Waals surface area contributed by atoms with Gasteiger partial charge < -0.3 is 15.0 Å². The van der Waals surface area contributed by atoms with Crippen LogP contribution in [-0.2, 0) is 9.53 Å². The number of hydrogen-bond acceptors (Lipinski definition) is 3. The van der Waals surface area contributed by atoms with Gasteiger partial charge in [0.1, 0.15) is 0 Å². The quantitative estimate of drug-likeness (QED) is 0.744. The topological polar surface area (TPSA) is 41.6 Å². The van der Waals surface area contributed by atoms with Crippen molar-refractivity contribution in [3.05, 3.63) is 0 Å². The second-order valence-electron chi connectivity index (χ2n) is 5.99. The Labute approximate surface area is 104 Å². The minimum atomic E-state index is -0.169. The van der Waals surface area contributed by atoms with Gasteiger partial charge in [-0.15, -0.1) is 0 Å². The van der Waals surface area contributed by atoms with E-state index in [1.807, 2.05) is 4.90 Å². The number of piperidine rings is 1.